The van der Waals surface area contributed by atoms with Crippen molar-refractivity contribution in [1.29, 1.82) is 0 Å². The molecule has 3 amide bonds. The van der Waals surface area contributed by atoms with Gasteiger partial charge in [0.15, 0.2) is 0 Å². The van der Waals surface area contributed by atoms with E-state index in [1.54, 1.807) is 18.7 Å². The highest BCUT2D eigenvalue weighted by Gasteiger charge is 2.34. The van der Waals surface area contributed by atoms with Crippen molar-refractivity contribution in [2.45, 2.75) is 40.0 Å². The van der Waals surface area contributed by atoms with Crippen LogP contribution in [0.2, 0.25) is 0 Å². The van der Waals surface area contributed by atoms with Gasteiger partial charge < -0.3 is 5.32 Å². The Bertz CT molecular complexity index is 334. The van der Waals surface area contributed by atoms with Crippen LogP contribution in [0.25, 0.3) is 0 Å². The van der Waals surface area contributed by atoms with Gasteiger partial charge in [0.05, 0.1) is 0 Å². The zero-order chi connectivity index (χ0) is 15.5. The van der Waals surface area contributed by atoms with Gasteiger partial charge in [-0.3, -0.25) is 19.3 Å². The number of nitrogens with zero attached hydrogens (tertiary/aromatic N) is 1. The molecule has 1 N–H and O–H groups in total. The molecule has 0 saturated carbocycles. The average Bonchev–Trinajstić information content (AvgIpc) is 2.67. The third kappa shape index (κ3) is 6.41. The lowest BCUT2D eigenvalue weighted by molar-refractivity contribution is -0.139. The number of thioether (sulfide) groups is 1. The van der Waals surface area contributed by atoms with E-state index >= 15 is 0 Å². The fraction of sp³-hybridized carbons (Fsp3) is 0.786. The van der Waals surface area contributed by atoms with E-state index in [1.807, 2.05) is 20.1 Å². The molecule has 1 unspecified atom stereocenters. The third-order valence-corrected chi connectivity index (χ3v) is 3.58. The fourth-order valence-electron chi connectivity index (χ4n) is 1.86. The standard InChI is InChI=1S/C12H20N2O3S.C2H6/c1-9-8-11(16)14(12(9)17)6-5-13-10(15)4-3-7-18-2;1-2/h9H,3-8H2,1-2H3,(H,13,15);1-2H3. The summed E-state index contributed by atoms with van der Waals surface area (Å²) in [6.07, 6.45) is 3.65. The number of hydrogen-bond donors (Lipinski definition) is 1. The highest BCUT2D eigenvalue weighted by atomic mass is 32.2. The Hall–Kier alpha value is -1.04. The molecule has 1 aliphatic rings. The predicted molar refractivity (Wildman–Crippen MR) is 82.5 cm³/mol. The fourth-order valence-corrected chi connectivity index (χ4v) is 2.29. The third-order valence-electron chi connectivity index (χ3n) is 2.88. The van der Waals surface area contributed by atoms with Crippen molar-refractivity contribution in [1.82, 2.24) is 10.2 Å². The minimum absolute atomic E-state index is 0.0174. The van der Waals surface area contributed by atoms with Gasteiger partial charge >= 0.3 is 0 Å². The topological polar surface area (TPSA) is 66.5 Å². The minimum atomic E-state index is -0.213. The molecule has 0 aromatic carbocycles. The lowest BCUT2D eigenvalue weighted by atomic mass is 10.1. The predicted octanol–water partition coefficient (Wildman–Crippen LogP) is 1.67. The highest BCUT2D eigenvalue weighted by Crippen LogP contribution is 2.17. The monoisotopic (exact) mass is 302 g/mol. The molecule has 1 aliphatic heterocycles. The Morgan fingerprint density at radius 2 is 2.05 bits per heavy atom. The van der Waals surface area contributed by atoms with Crippen molar-refractivity contribution in [2.75, 3.05) is 25.1 Å². The first-order chi connectivity index (χ1) is 9.56. The van der Waals surface area contributed by atoms with Gasteiger partial charge in [-0.2, -0.15) is 11.8 Å². The van der Waals surface area contributed by atoms with Gasteiger partial charge in [-0.1, -0.05) is 20.8 Å². The van der Waals surface area contributed by atoms with Crippen molar-refractivity contribution in [3.63, 3.8) is 0 Å². The molecule has 5 nitrogen and oxygen atoms in total. The molecule has 0 aromatic heterocycles. The maximum atomic E-state index is 11.6. The molecule has 6 heteroatoms. The summed E-state index contributed by atoms with van der Waals surface area (Å²) in [5.74, 6) is 0.473. The van der Waals surface area contributed by atoms with Crippen molar-refractivity contribution in [2.24, 2.45) is 5.92 Å². The van der Waals surface area contributed by atoms with E-state index in [2.05, 4.69) is 5.32 Å². The van der Waals surface area contributed by atoms with Crippen LogP contribution < -0.4 is 5.32 Å². The number of likely N-dealkylation sites (tertiary alicyclic amines) is 1. The second-order valence-electron chi connectivity index (χ2n) is 4.44. The van der Waals surface area contributed by atoms with Crippen LogP contribution in [-0.4, -0.2) is 47.7 Å². The van der Waals surface area contributed by atoms with E-state index in [0.717, 1.165) is 12.2 Å². The maximum absolute atomic E-state index is 11.6. The first kappa shape index (κ1) is 19.0. The smallest absolute Gasteiger partial charge is 0.232 e. The van der Waals surface area contributed by atoms with Gasteiger partial charge in [0.2, 0.25) is 17.7 Å². The van der Waals surface area contributed by atoms with Crippen LogP contribution in [0.4, 0.5) is 0 Å². The summed E-state index contributed by atoms with van der Waals surface area (Å²) in [6, 6.07) is 0. The maximum Gasteiger partial charge on any atom is 0.232 e. The first-order valence-electron chi connectivity index (χ1n) is 7.16. The second kappa shape index (κ2) is 10.7. The van der Waals surface area contributed by atoms with Gasteiger partial charge in [-0.25, -0.2) is 0 Å². The normalized spacial score (nSPS) is 17.8. The Kier molecular flexibility index (Phi) is 10.2. The first-order valence-corrected chi connectivity index (χ1v) is 8.55. The SMILES string of the molecule is CC.CSCCCC(=O)NCCN1C(=O)CC(C)C1=O. The van der Waals surface area contributed by atoms with E-state index in [0.29, 0.717) is 19.4 Å². The van der Waals surface area contributed by atoms with Gasteiger partial charge in [-0.05, 0) is 18.4 Å². The molecule has 1 saturated heterocycles. The van der Waals surface area contributed by atoms with Crippen LogP contribution in [0, 0.1) is 5.92 Å². The number of carbonyl (C=O) groups is 3. The lowest BCUT2D eigenvalue weighted by Crippen LogP contribution is -2.38. The molecule has 0 bridgehead atoms. The Labute approximate surface area is 125 Å². The number of amides is 3. The molecule has 1 rings (SSSR count). The van der Waals surface area contributed by atoms with E-state index in [-0.39, 0.29) is 30.2 Å². The molecule has 1 heterocycles. The van der Waals surface area contributed by atoms with Crippen molar-refractivity contribution in [3.8, 4) is 0 Å². The van der Waals surface area contributed by atoms with E-state index in [1.165, 1.54) is 4.90 Å². The molecule has 0 spiro atoms. The van der Waals surface area contributed by atoms with E-state index in [9.17, 15) is 14.4 Å². The zero-order valence-corrected chi connectivity index (χ0v) is 13.7. The quantitative estimate of drug-likeness (QED) is 0.574. The van der Waals surface area contributed by atoms with Crippen LogP contribution in [0.5, 0.6) is 0 Å². The summed E-state index contributed by atoms with van der Waals surface area (Å²) in [6.45, 7) is 6.39. The molecular weight excluding hydrogens is 276 g/mol. The van der Waals surface area contributed by atoms with Crippen molar-refractivity contribution < 1.29 is 14.4 Å². The zero-order valence-electron chi connectivity index (χ0n) is 12.9. The van der Waals surface area contributed by atoms with Gasteiger partial charge in [0, 0.05) is 31.8 Å². The van der Waals surface area contributed by atoms with Crippen LogP contribution >= 0.6 is 11.8 Å². The second-order valence-corrected chi connectivity index (χ2v) is 5.42. The molecular formula is C14H26N2O3S. The number of nitrogens with one attached hydrogen (secondary N) is 1. The number of imide groups is 1. The molecule has 0 aliphatic carbocycles. The molecule has 0 aromatic rings. The number of rotatable bonds is 7. The van der Waals surface area contributed by atoms with Crippen LogP contribution in [-0.2, 0) is 14.4 Å². The molecule has 1 atom stereocenters. The average molecular weight is 302 g/mol. The summed E-state index contributed by atoms with van der Waals surface area (Å²) >= 11 is 1.71. The summed E-state index contributed by atoms with van der Waals surface area (Å²) in [4.78, 5) is 35.7. The summed E-state index contributed by atoms with van der Waals surface area (Å²) in [5, 5.41) is 2.73. The van der Waals surface area contributed by atoms with Crippen LogP contribution in [0.3, 0.4) is 0 Å². The molecule has 1 fully saturated rings. The summed E-state index contributed by atoms with van der Waals surface area (Å²) < 4.78 is 0. The largest absolute Gasteiger partial charge is 0.354 e. The highest BCUT2D eigenvalue weighted by molar-refractivity contribution is 7.98. The van der Waals surface area contributed by atoms with Crippen LogP contribution in [0.1, 0.15) is 40.0 Å². The van der Waals surface area contributed by atoms with Gasteiger partial charge in [-0.15, -0.1) is 0 Å². The van der Waals surface area contributed by atoms with E-state index < -0.39 is 0 Å². The summed E-state index contributed by atoms with van der Waals surface area (Å²) in [7, 11) is 0. The minimum Gasteiger partial charge on any atom is -0.354 e. The lowest BCUT2D eigenvalue weighted by Gasteiger charge is -2.14. The van der Waals surface area contributed by atoms with E-state index in [4.69, 9.17) is 0 Å². The Morgan fingerprint density at radius 3 is 2.55 bits per heavy atom. The summed E-state index contributed by atoms with van der Waals surface area (Å²) in [5.41, 5.74) is 0. The van der Waals surface area contributed by atoms with Crippen molar-refractivity contribution in [3.05, 3.63) is 0 Å². The van der Waals surface area contributed by atoms with Crippen molar-refractivity contribution >= 4 is 29.5 Å². The Morgan fingerprint density at radius 1 is 1.40 bits per heavy atom. The van der Waals surface area contributed by atoms with Gasteiger partial charge in [0.25, 0.3) is 0 Å². The number of hydrogen-bond acceptors (Lipinski definition) is 4. The Balaban J connectivity index is 0.00000172. The molecule has 116 valence electrons. The van der Waals surface area contributed by atoms with Gasteiger partial charge in [0.1, 0.15) is 0 Å². The van der Waals surface area contributed by atoms with Crippen LogP contribution in [0.15, 0.2) is 0 Å². The molecule has 20 heavy (non-hydrogen) atoms. The number of carbonyl (C=O) groups excluding carboxylic acids is 3. The molecule has 0 radical (unpaired) electrons.